The van der Waals surface area contributed by atoms with Crippen LogP contribution < -0.4 is 0 Å². The molecule has 0 saturated heterocycles. The molecule has 5 unspecified atom stereocenters. The summed E-state index contributed by atoms with van der Waals surface area (Å²) in [6, 6.07) is 0. The van der Waals surface area contributed by atoms with Crippen LogP contribution in [0.25, 0.3) is 0 Å². The summed E-state index contributed by atoms with van der Waals surface area (Å²) in [6.07, 6.45) is 13.0. The van der Waals surface area contributed by atoms with Gasteiger partial charge in [-0.05, 0) is 74.0 Å². The van der Waals surface area contributed by atoms with Crippen LogP contribution in [0, 0.1) is 29.1 Å². The van der Waals surface area contributed by atoms with Gasteiger partial charge in [0.25, 0.3) is 0 Å². The van der Waals surface area contributed by atoms with Crippen molar-refractivity contribution in [2.45, 2.75) is 64.7 Å². The number of ketones is 1. The van der Waals surface area contributed by atoms with Crippen molar-refractivity contribution in [2.24, 2.45) is 29.1 Å². The first-order valence-electron chi connectivity index (χ1n) is 8.98. The lowest BCUT2D eigenvalue weighted by Gasteiger charge is -2.52. The summed E-state index contributed by atoms with van der Waals surface area (Å²) in [4.78, 5) is 11.7. The summed E-state index contributed by atoms with van der Waals surface area (Å²) in [5.74, 6) is 3.86. The third-order valence-corrected chi connectivity index (χ3v) is 7.56. The third-order valence-electron chi connectivity index (χ3n) is 7.56. The van der Waals surface area contributed by atoms with Gasteiger partial charge in [0.2, 0.25) is 0 Å². The van der Waals surface area contributed by atoms with Gasteiger partial charge in [0, 0.05) is 12.8 Å². The standard InChI is InChI=1S/C20H28O/c1-3-14-5-9-19-18-7-4-13-12-15(21)6-8-16(13)17(18)10-11-20(14,19)2/h3,14,17-19H,1,4-12H2,2H3. The maximum Gasteiger partial charge on any atom is 0.137 e. The first-order chi connectivity index (χ1) is 10.1. The van der Waals surface area contributed by atoms with Crippen LogP contribution in [0.2, 0.25) is 0 Å². The Labute approximate surface area is 128 Å². The molecule has 0 radical (unpaired) electrons. The molecule has 0 aromatic rings. The van der Waals surface area contributed by atoms with Crippen LogP contribution in [-0.4, -0.2) is 5.78 Å². The zero-order chi connectivity index (χ0) is 14.6. The van der Waals surface area contributed by atoms with Crippen LogP contribution in [0.1, 0.15) is 64.7 Å². The van der Waals surface area contributed by atoms with Crippen molar-refractivity contribution < 1.29 is 4.79 Å². The molecule has 4 aliphatic carbocycles. The second-order valence-corrected chi connectivity index (χ2v) is 8.22. The van der Waals surface area contributed by atoms with E-state index in [-0.39, 0.29) is 0 Å². The fourth-order valence-electron chi connectivity index (χ4n) is 6.48. The van der Waals surface area contributed by atoms with E-state index in [9.17, 15) is 4.79 Å². The number of rotatable bonds is 1. The number of carbonyl (C=O) groups excluding carboxylic acids is 1. The minimum absolute atomic E-state index is 0.487. The second kappa shape index (κ2) is 4.83. The molecule has 0 amide bonds. The van der Waals surface area contributed by atoms with Crippen molar-refractivity contribution in [1.29, 1.82) is 0 Å². The summed E-state index contributed by atoms with van der Waals surface area (Å²) < 4.78 is 0. The monoisotopic (exact) mass is 284 g/mol. The number of Topliss-reactive ketones (excluding diaryl/α,β-unsaturated/α-hetero) is 1. The molecule has 0 aromatic carbocycles. The number of fused-ring (bicyclic) bond motifs is 4. The molecular weight excluding hydrogens is 256 g/mol. The molecule has 0 heterocycles. The maximum absolute atomic E-state index is 11.7. The van der Waals surface area contributed by atoms with E-state index in [0.717, 1.165) is 42.9 Å². The second-order valence-electron chi connectivity index (χ2n) is 8.22. The van der Waals surface area contributed by atoms with Crippen molar-refractivity contribution in [3.8, 4) is 0 Å². The summed E-state index contributed by atoms with van der Waals surface area (Å²) in [7, 11) is 0. The lowest BCUT2D eigenvalue weighted by Crippen LogP contribution is -2.43. The Morgan fingerprint density at radius 2 is 2.00 bits per heavy atom. The highest BCUT2D eigenvalue weighted by atomic mass is 16.1. The molecule has 2 saturated carbocycles. The average molecular weight is 284 g/mol. The van der Waals surface area contributed by atoms with Gasteiger partial charge < -0.3 is 0 Å². The Balaban J connectivity index is 1.64. The van der Waals surface area contributed by atoms with E-state index in [1.54, 1.807) is 11.1 Å². The Hall–Kier alpha value is -0.850. The van der Waals surface area contributed by atoms with Crippen LogP contribution in [0.15, 0.2) is 23.8 Å². The number of hydrogen-bond donors (Lipinski definition) is 0. The van der Waals surface area contributed by atoms with E-state index in [4.69, 9.17) is 0 Å². The summed E-state index contributed by atoms with van der Waals surface area (Å²) >= 11 is 0. The molecule has 4 rings (SSSR count). The molecular formula is C20H28O. The van der Waals surface area contributed by atoms with Crippen molar-refractivity contribution in [1.82, 2.24) is 0 Å². The zero-order valence-electron chi connectivity index (χ0n) is 13.4. The number of hydrogen-bond acceptors (Lipinski definition) is 1. The highest BCUT2D eigenvalue weighted by Crippen LogP contribution is 2.63. The summed E-state index contributed by atoms with van der Waals surface area (Å²) in [5, 5.41) is 0. The van der Waals surface area contributed by atoms with Crippen molar-refractivity contribution >= 4 is 5.78 Å². The molecule has 1 nitrogen and oxygen atoms in total. The predicted molar refractivity (Wildman–Crippen MR) is 85.9 cm³/mol. The van der Waals surface area contributed by atoms with Gasteiger partial charge in [-0.15, -0.1) is 6.58 Å². The fourth-order valence-corrected chi connectivity index (χ4v) is 6.48. The van der Waals surface area contributed by atoms with Crippen LogP contribution in [-0.2, 0) is 4.79 Å². The van der Waals surface area contributed by atoms with E-state index >= 15 is 0 Å². The molecule has 4 aliphatic rings. The number of allylic oxidation sites excluding steroid dienone is 3. The third kappa shape index (κ3) is 1.92. The van der Waals surface area contributed by atoms with Gasteiger partial charge >= 0.3 is 0 Å². The van der Waals surface area contributed by atoms with E-state index < -0.39 is 0 Å². The molecule has 0 bridgehead atoms. The first-order valence-corrected chi connectivity index (χ1v) is 8.98. The van der Waals surface area contributed by atoms with E-state index in [2.05, 4.69) is 19.6 Å². The molecule has 2 fully saturated rings. The van der Waals surface area contributed by atoms with Gasteiger partial charge in [0.15, 0.2) is 0 Å². The Morgan fingerprint density at radius 3 is 2.81 bits per heavy atom. The Morgan fingerprint density at radius 1 is 1.14 bits per heavy atom. The van der Waals surface area contributed by atoms with Gasteiger partial charge in [-0.25, -0.2) is 0 Å². The fraction of sp³-hybridized carbons (Fsp3) is 0.750. The minimum atomic E-state index is 0.487. The largest absolute Gasteiger partial charge is 0.299 e. The first kappa shape index (κ1) is 13.8. The lowest BCUT2D eigenvalue weighted by molar-refractivity contribution is -0.119. The van der Waals surface area contributed by atoms with Gasteiger partial charge in [-0.3, -0.25) is 4.79 Å². The van der Waals surface area contributed by atoms with Crippen LogP contribution in [0.5, 0.6) is 0 Å². The topological polar surface area (TPSA) is 17.1 Å². The van der Waals surface area contributed by atoms with E-state index in [1.165, 1.54) is 38.5 Å². The summed E-state index contributed by atoms with van der Waals surface area (Å²) in [6.45, 7) is 6.65. The van der Waals surface area contributed by atoms with Crippen molar-refractivity contribution in [2.75, 3.05) is 0 Å². The Bertz CT molecular complexity index is 514. The normalized spacial score (nSPS) is 45.9. The van der Waals surface area contributed by atoms with Crippen molar-refractivity contribution in [3.63, 3.8) is 0 Å². The summed E-state index contributed by atoms with van der Waals surface area (Å²) in [5.41, 5.74) is 3.80. The van der Waals surface area contributed by atoms with Crippen LogP contribution >= 0.6 is 0 Å². The van der Waals surface area contributed by atoms with Crippen LogP contribution in [0.3, 0.4) is 0 Å². The van der Waals surface area contributed by atoms with Crippen LogP contribution in [0.4, 0.5) is 0 Å². The molecule has 0 aliphatic heterocycles. The molecule has 0 spiro atoms. The molecule has 0 N–H and O–H groups in total. The van der Waals surface area contributed by atoms with Gasteiger partial charge in [-0.1, -0.05) is 24.1 Å². The predicted octanol–water partition coefficient (Wildman–Crippen LogP) is 5.07. The molecule has 5 atom stereocenters. The zero-order valence-corrected chi connectivity index (χ0v) is 13.4. The van der Waals surface area contributed by atoms with E-state index in [1.807, 2.05) is 0 Å². The Kier molecular flexibility index (Phi) is 3.17. The maximum atomic E-state index is 11.7. The van der Waals surface area contributed by atoms with Gasteiger partial charge in [0.1, 0.15) is 5.78 Å². The highest BCUT2D eigenvalue weighted by molar-refractivity contribution is 5.82. The minimum Gasteiger partial charge on any atom is -0.299 e. The van der Waals surface area contributed by atoms with Crippen molar-refractivity contribution in [3.05, 3.63) is 23.8 Å². The number of carbonyl (C=O) groups is 1. The molecule has 21 heavy (non-hydrogen) atoms. The SMILES string of the molecule is C=CC1CCC2C3CCC4=C(CCC(=O)C4)C3CCC12C. The average Bonchev–Trinajstić information content (AvgIpc) is 2.83. The lowest BCUT2D eigenvalue weighted by atomic mass is 9.53. The van der Waals surface area contributed by atoms with E-state index in [0.29, 0.717) is 11.2 Å². The molecule has 1 heteroatoms. The van der Waals surface area contributed by atoms with Gasteiger partial charge in [-0.2, -0.15) is 0 Å². The molecule has 0 aromatic heterocycles. The highest BCUT2D eigenvalue weighted by Gasteiger charge is 2.54. The van der Waals surface area contributed by atoms with Gasteiger partial charge in [0.05, 0.1) is 0 Å². The quantitative estimate of drug-likeness (QED) is 0.614. The smallest absolute Gasteiger partial charge is 0.137 e. The molecule has 114 valence electrons.